The third-order valence-corrected chi connectivity index (χ3v) is 8.08. The molecule has 39 heavy (non-hydrogen) atoms. The Labute approximate surface area is 242 Å². The zero-order valence-corrected chi connectivity index (χ0v) is 23.6. The molecule has 0 fully saturated rings. The number of hydrogen-bond donors (Lipinski definition) is 2. The van der Waals surface area contributed by atoms with Crippen molar-refractivity contribution < 1.29 is 14.7 Å². The summed E-state index contributed by atoms with van der Waals surface area (Å²) in [6, 6.07) is 30.1. The molecule has 2 amide bonds. The zero-order chi connectivity index (χ0) is 27.8. The summed E-state index contributed by atoms with van der Waals surface area (Å²) in [7, 11) is 0. The van der Waals surface area contributed by atoms with Crippen LogP contribution in [0.25, 0.3) is 0 Å². The first kappa shape index (κ1) is 28.6. The van der Waals surface area contributed by atoms with Crippen LogP contribution in [0.15, 0.2) is 107 Å². The predicted molar refractivity (Wildman–Crippen MR) is 161 cm³/mol. The number of aliphatic carboxylic acids is 1. The lowest BCUT2D eigenvalue weighted by molar-refractivity contribution is -0.138. The lowest BCUT2D eigenvalue weighted by Gasteiger charge is -2.24. The molecule has 0 saturated carbocycles. The minimum Gasteiger partial charge on any atom is -0.481 e. The van der Waals surface area contributed by atoms with Crippen molar-refractivity contribution >= 4 is 58.3 Å². The summed E-state index contributed by atoms with van der Waals surface area (Å²) in [4.78, 5) is 28.6. The van der Waals surface area contributed by atoms with Gasteiger partial charge >= 0.3 is 12.0 Å². The highest BCUT2D eigenvalue weighted by Crippen LogP contribution is 2.33. The van der Waals surface area contributed by atoms with E-state index in [2.05, 4.69) is 5.32 Å². The van der Waals surface area contributed by atoms with Gasteiger partial charge < -0.3 is 10.4 Å². The van der Waals surface area contributed by atoms with E-state index >= 15 is 0 Å². The number of rotatable bonds is 10. The molecule has 4 aromatic carbocycles. The standard InChI is InChI=1S/C31H28Cl2N2O3S/c1-2-26(30(36)37)22-14-16-24(17-15-22)39-25-11-6-10-23(20-25)35(19-18-21-8-4-3-5-9-21)31(38)34-28-13-7-12-27(32)29(28)33/h3-17,20,26H,2,18-19H2,1H3,(H,34,38)(H,36,37). The van der Waals surface area contributed by atoms with Crippen LogP contribution in [-0.4, -0.2) is 23.7 Å². The summed E-state index contributed by atoms with van der Waals surface area (Å²) in [6.07, 6.45) is 1.20. The van der Waals surface area contributed by atoms with E-state index in [9.17, 15) is 14.7 Å². The topological polar surface area (TPSA) is 69.6 Å². The highest BCUT2D eigenvalue weighted by Gasteiger charge is 2.19. The molecule has 0 aliphatic carbocycles. The number of carboxylic acid groups (broad SMARTS) is 1. The minimum absolute atomic E-state index is 0.288. The van der Waals surface area contributed by atoms with Gasteiger partial charge in [0, 0.05) is 22.0 Å². The monoisotopic (exact) mass is 578 g/mol. The summed E-state index contributed by atoms with van der Waals surface area (Å²) < 4.78 is 0. The normalized spacial score (nSPS) is 11.6. The highest BCUT2D eigenvalue weighted by atomic mass is 35.5. The number of carboxylic acids is 1. The molecule has 2 N–H and O–H groups in total. The van der Waals surface area contributed by atoms with Crippen LogP contribution >= 0.6 is 35.0 Å². The predicted octanol–water partition coefficient (Wildman–Crippen LogP) is 9.00. The Morgan fingerprint density at radius 2 is 1.62 bits per heavy atom. The van der Waals surface area contributed by atoms with E-state index in [-0.39, 0.29) is 11.1 Å². The van der Waals surface area contributed by atoms with Crippen LogP contribution in [0, 0.1) is 0 Å². The third-order valence-electron chi connectivity index (χ3n) is 6.26. The number of amides is 2. The van der Waals surface area contributed by atoms with Gasteiger partial charge in [-0.2, -0.15) is 0 Å². The molecule has 0 aliphatic heterocycles. The van der Waals surface area contributed by atoms with Crippen LogP contribution in [0.2, 0.25) is 10.0 Å². The van der Waals surface area contributed by atoms with Crippen LogP contribution in [0.4, 0.5) is 16.2 Å². The highest BCUT2D eigenvalue weighted by molar-refractivity contribution is 7.99. The van der Waals surface area contributed by atoms with Gasteiger partial charge in [-0.15, -0.1) is 0 Å². The van der Waals surface area contributed by atoms with Gasteiger partial charge in [0.25, 0.3) is 0 Å². The van der Waals surface area contributed by atoms with E-state index in [4.69, 9.17) is 23.2 Å². The van der Waals surface area contributed by atoms with Crippen molar-refractivity contribution in [2.75, 3.05) is 16.8 Å². The number of hydrogen-bond acceptors (Lipinski definition) is 3. The van der Waals surface area contributed by atoms with Crippen molar-refractivity contribution in [2.45, 2.75) is 35.5 Å². The summed E-state index contributed by atoms with van der Waals surface area (Å²) in [5.41, 5.74) is 3.08. The molecular weight excluding hydrogens is 551 g/mol. The van der Waals surface area contributed by atoms with E-state index < -0.39 is 11.9 Å². The number of benzene rings is 4. The Balaban J connectivity index is 1.56. The maximum absolute atomic E-state index is 13.5. The van der Waals surface area contributed by atoms with Crippen LogP contribution in [0.5, 0.6) is 0 Å². The van der Waals surface area contributed by atoms with Crippen molar-refractivity contribution in [1.82, 2.24) is 0 Å². The van der Waals surface area contributed by atoms with E-state index in [0.29, 0.717) is 30.1 Å². The van der Waals surface area contributed by atoms with Crippen LogP contribution in [0.1, 0.15) is 30.4 Å². The SMILES string of the molecule is CCC(C(=O)O)c1ccc(Sc2cccc(N(CCc3ccccc3)C(=O)Nc3cccc(Cl)c3Cl)c2)cc1. The van der Waals surface area contributed by atoms with E-state index in [1.165, 1.54) is 0 Å². The Morgan fingerprint density at radius 1 is 0.897 bits per heavy atom. The van der Waals surface area contributed by atoms with Gasteiger partial charge in [0.15, 0.2) is 0 Å². The van der Waals surface area contributed by atoms with Gasteiger partial charge in [-0.05, 0) is 66.4 Å². The number of nitrogens with zero attached hydrogens (tertiary/aromatic N) is 1. The number of carbonyl (C=O) groups is 2. The number of anilines is 2. The Bertz CT molecular complexity index is 1430. The molecule has 4 aromatic rings. The number of nitrogens with one attached hydrogen (secondary N) is 1. The van der Waals surface area contributed by atoms with Crippen molar-refractivity contribution in [3.8, 4) is 0 Å². The molecule has 0 bridgehead atoms. The van der Waals surface area contributed by atoms with E-state index in [1.807, 2.05) is 85.8 Å². The Morgan fingerprint density at radius 3 is 2.31 bits per heavy atom. The molecule has 8 heteroatoms. The lowest BCUT2D eigenvalue weighted by Crippen LogP contribution is -2.36. The quantitative estimate of drug-likeness (QED) is 0.197. The Hall–Kier alpha value is -3.45. The molecule has 0 heterocycles. The van der Waals surface area contributed by atoms with Crippen molar-refractivity contribution in [1.29, 1.82) is 0 Å². The smallest absolute Gasteiger partial charge is 0.326 e. The first-order chi connectivity index (χ1) is 18.9. The van der Waals surface area contributed by atoms with Crippen LogP contribution in [0.3, 0.4) is 0 Å². The third kappa shape index (κ3) is 7.57. The Kier molecular flexibility index (Phi) is 9.93. The van der Waals surface area contributed by atoms with E-state index in [1.54, 1.807) is 34.9 Å². The second kappa shape index (κ2) is 13.6. The maximum atomic E-state index is 13.5. The molecule has 1 atom stereocenters. The second-order valence-corrected chi connectivity index (χ2v) is 10.8. The van der Waals surface area contributed by atoms with Gasteiger partial charge in [-0.3, -0.25) is 9.69 Å². The lowest BCUT2D eigenvalue weighted by atomic mass is 9.97. The molecule has 0 radical (unpaired) electrons. The van der Waals surface area contributed by atoms with Crippen molar-refractivity contribution in [3.05, 3.63) is 118 Å². The number of urea groups is 1. The molecule has 4 rings (SSSR count). The van der Waals surface area contributed by atoms with Gasteiger partial charge in [0.1, 0.15) is 0 Å². The van der Waals surface area contributed by atoms with Crippen LogP contribution < -0.4 is 10.2 Å². The largest absolute Gasteiger partial charge is 0.481 e. The van der Waals surface area contributed by atoms with Gasteiger partial charge in [0.05, 0.1) is 21.7 Å². The average Bonchev–Trinajstić information content (AvgIpc) is 2.93. The van der Waals surface area contributed by atoms with Gasteiger partial charge in [0.2, 0.25) is 0 Å². The van der Waals surface area contributed by atoms with Crippen molar-refractivity contribution in [2.24, 2.45) is 0 Å². The summed E-state index contributed by atoms with van der Waals surface area (Å²) >= 11 is 14.0. The van der Waals surface area contributed by atoms with Gasteiger partial charge in [-0.1, -0.05) is 96.5 Å². The summed E-state index contributed by atoms with van der Waals surface area (Å²) in [6.45, 7) is 2.32. The number of carbonyl (C=O) groups excluding carboxylic acids is 1. The molecular formula is C31H28Cl2N2O3S. The molecule has 5 nitrogen and oxygen atoms in total. The van der Waals surface area contributed by atoms with Gasteiger partial charge in [-0.25, -0.2) is 4.79 Å². The number of halogens is 2. The fourth-order valence-corrected chi connectivity index (χ4v) is 5.41. The summed E-state index contributed by atoms with van der Waals surface area (Å²) in [5, 5.41) is 13.0. The average molecular weight is 580 g/mol. The van der Waals surface area contributed by atoms with Crippen LogP contribution in [-0.2, 0) is 11.2 Å². The fraction of sp³-hybridized carbons (Fsp3) is 0.161. The first-order valence-electron chi connectivity index (χ1n) is 12.5. The molecule has 1 unspecified atom stereocenters. The molecule has 200 valence electrons. The first-order valence-corrected chi connectivity index (χ1v) is 14.1. The molecule has 0 aliphatic rings. The van der Waals surface area contributed by atoms with Crippen molar-refractivity contribution in [3.63, 3.8) is 0 Å². The minimum atomic E-state index is -0.821. The summed E-state index contributed by atoms with van der Waals surface area (Å²) in [5.74, 6) is -1.34. The molecule has 0 aromatic heterocycles. The van der Waals surface area contributed by atoms with E-state index in [0.717, 1.165) is 26.6 Å². The zero-order valence-electron chi connectivity index (χ0n) is 21.3. The molecule has 0 saturated heterocycles. The maximum Gasteiger partial charge on any atom is 0.326 e. The second-order valence-electron chi connectivity index (χ2n) is 8.89. The fourth-order valence-electron chi connectivity index (χ4n) is 4.19. The molecule has 0 spiro atoms.